The lowest BCUT2D eigenvalue weighted by Crippen LogP contribution is -2.20. The van der Waals surface area contributed by atoms with E-state index in [-0.39, 0.29) is 5.92 Å². The summed E-state index contributed by atoms with van der Waals surface area (Å²) in [5.41, 5.74) is 12.5. The second-order valence-corrected chi connectivity index (χ2v) is 9.78. The molecule has 0 saturated heterocycles. The van der Waals surface area contributed by atoms with Crippen LogP contribution in [0, 0.1) is 39.0 Å². The van der Waals surface area contributed by atoms with Crippen molar-refractivity contribution in [2.45, 2.75) is 27.7 Å². The van der Waals surface area contributed by atoms with Gasteiger partial charge in [0.25, 0.3) is 0 Å². The summed E-state index contributed by atoms with van der Waals surface area (Å²) in [6.07, 6.45) is 6.32. The van der Waals surface area contributed by atoms with Gasteiger partial charge in [-0.3, -0.25) is 10.4 Å². The minimum Gasteiger partial charge on any atom is -0.300 e. The van der Waals surface area contributed by atoms with Crippen LogP contribution in [-0.2, 0) is 0 Å². The maximum absolute atomic E-state index is 9.45. The van der Waals surface area contributed by atoms with Crippen molar-refractivity contribution in [2.75, 3.05) is 0 Å². The lowest BCUT2D eigenvalue weighted by atomic mass is 9.84. The lowest BCUT2D eigenvalue weighted by molar-refractivity contribution is 1.09. The maximum Gasteiger partial charge on any atom is 0.0691 e. The van der Waals surface area contributed by atoms with Gasteiger partial charge in [0, 0.05) is 11.5 Å². The van der Waals surface area contributed by atoms with Gasteiger partial charge in [-0.1, -0.05) is 109 Å². The van der Waals surface area contributed by atoms with E-state index in [1.54, 1.807) is 0 Å². The zero-order valence-electron chi connectivity index (χ0n) is 21.9. The highest BCUT2D eigenvalue weighted by Gasteiger charge is 2.27. The maximum atomic E-state index is 9.45. The summed E-state index contributed by atoms with van der Waals surface area (Å²) < 4.78 is 0. The number of aryl methyl sites for hydroxylation is 4. The molecule has 4 aromatic carbocycles. The number of para-hydroxylation sites is 1. The van der Waals surface area contributed by atoms with Crippen LogP contribution in [0.5, 0.6) is 0 Å². The first-order valence-corrected chi connectivity index (χ1v) is 12.8. The van der Waals surface area contributed by atoms with Gasteiger partial charge in [-0.2, -0.15) is 0 Å². The number of hydrogen-bond donors (Lipinski definition) is 1. The van der Waals surface area contributed by atoms with Crippen LogP contribution < -0.4 is 0 Å². The third-order valence-corrected chi connectivity index (χ3v) is 7.19. The minimum atomic E-state index is -0.111. The molecule has 0 bridgehead atoms. The number of hydrogen-bond acceptors (Lipinski definition) is 2. The average Bonchev–Trinajstić information content (AvgIpc) is 3.38. The molecule has 1 atom stereocenters. The van der Waals surface area contributed by atoms with Crippen molar-refractivity contribution in [3.63, 3.8) is 0 Å². The second kappa shape index (κ2) is 10.4. The smallest absolute Gasteiger partial charge is 0.0691 e. The normalized spacial score (nSPS) is 15.1. The predicted molar refractivity (Wildman–Crippen MR) is 157 cm³/mol. The molecule has 0 radical (unpaired) electrons. The Kier molecular flexibility index (Phi) is 6.83. The molecular formula is C35H32N2. The molecule has 1 aliphatic rings. The van der Waals surface area contributed by atoms with Crippen LogP contribution in [-0.4, -0.2) is 11.4 Å². The molecule has 1 N–H and O–H groups in total. The van der Waals surface area contributed by atoms with Gasteiger partial charge in [0.1, 0.15) is 0 Å². The van der Waals surface area contributed by atoms with E-state index in [1.165, 1.54) is 16.7 Å². The molecule has 1 unspecified atom stereocenters. The SMILES string of the molecule is Cc1cccc(C)c1N=C(c1ccccc1)C1C=CC=C1C(=N)c1ccccc1-c1c(C)cccc1C. The van der Waals surface area contributed by atoms with Crippen LogP contribution in [0.1, 0.15) is 33.4 Å². The zero-order valence-corrected chi connectivity index (χ0v) is 21.9. The fourth-order valence-electron chi connectivity index (χ4n) is 5.29. The quantitative estimate of drug-likeness (QED) is 0.268. The van der Waals surface area contributed by atoms with Crippen molar-refractivity contribution in [1.29, 1.82) is 5.41 Å². The van der Waals surface area contributed by atoms with Crippen LogP contribution in [0.3, 0.4) is 0 Å². The molecule has 0 amide bonds. The van der Waals surface area contributed by atoms with E-state index in [1.807, 2.05) is 12.1 Å². The highest BCUT2D eigenvalue weighted by molar-refractivity contribution is 6.20. The standard InChI is InChI=1S/C35H32N2/c1-23-13-10-14-24(2)32(23)28-19-8-9-20-29(28)33(36)30-21-12-22-31(30)35(27-17-6-5-7-18-27)37-34-25(3)15-11-16-26(34)4/h5-22,31,36H,1-4H3. The summed E-state index contributed by atoms with van der Waals surface area (Å²) in [7, 11) is 0. The summed E-state index contributed by atoms with van der Waals surface area (Å²) in [5.74, 6) is -0.111. The number of nitrogens with zero attached hydrogens (tertiary/aromatic N) is 1. The van der Waals surface area contributed by atoms with Gasteiger partial charge in [-0.05, 0) is 72.2 Å². The summed E-state index contributed by atoms with van der Waals surface area (Å²) in [5, 5.41) is 9.45. The van der Waals surface area contributed by atoms with Gasteiger partial charge in [0.05, 0.1) is 17.1 Å². The van der Waals surface area contributed by atoms with E-state index in [0.717, 1.165) is 44.8 Å². The van der Waals surface area contributed by atoms with Crippen LogP contribution >= 0.6 is 0 Å². The summed E-state index contributed by atoms with van der Waals surface area (Å²) in [6, 6.07) is 31.4. The number of rotatable bonds is 6. The molecule has 0 aromatic heterocycles. The van der Waals surface area contributed by atoms with E-state index >= 15 is 0 Å². The van der Waals surface area contributed by atoms with Gasteiger partial charge in [0.15, 0.2) is 0 Å². The van der Waals surface area contributed by atoms with Gasteiger partial charge >= 0.3 is 0 Å². The Morgan fingerprint density at radius 3 is 1.95 bits per heavy atom. The molecule has 0 aliphatic heterocycles. The fraction of sp³-hybridized carbons (Fsp3) is 0.143. The number of nitrogens with one attached hydrogen (secondary N) is 1. The van der Waals surface area contributed by atoms with Crippen molar-refractivity contribution in [2.24, 2.45) is 10.9 Å². The van der Waals surface area contributed by atoms with Gasteiger partial charge in [-0.15, -0.1) is 0 Å². The highest BCUT2D eigenvalue weighted by Crippen LogP contribution is 2.35. The van der Waals surface area contributed by atoms with Crippen molar-refractivity contribution >= 4 is 17.1 Å². The topological polar surface area (TPSA) is 36.2 Å². The number of benzene rings is 4. The monoisotopic (exact) mass is 480 g/mol. The second-order valence-electron chi connectivity index (χ2n) is 9.78. The first-order valence-electron chi connectivity index (χ1n) is 12.8. The Labute approximate surface area is 220 Å². The third kappa shape index (κ3) is 4.75. The number of allylic oxidation sites excluding steroid dienone is 4. The summed E-state index contributed by atoms with van der Waals surface area (Å²) in [4.78, 5) is 5.27. The van der Waals surface area contributed by atoms with Crippen molar-refractivity contribution in [3.05, 3.63) is 148 Å². The van der Waals surface area contributed by atoms with E-state index < -0.39 is 0 Å². The average molecular weight is 481 g/mol. The van der Waals surface area contributed by atoms with Crippen LogP contribution in [0.25, 0.3) is 11.1 Å². The Morgan fingerprint density at radius 2 is 1.27 bits per heavy atom. The van der Waals surface area contributed by atoms with E-state index in [0.29, 0.717) is 5.71 Å². The molecule has 4 aromatic rings. The fourth-order valence-corrected chi connectivity index (χ4v) is 5.29. The molecule has 37 heavy (non-hydrogen) atoms. The lowest BCUT2D eigenvalue weighted by Gasteiger charge is -2.21. The van der Waals surface area contributed by atoms with Gasteiger partial charge < -0.3 is 0 Å². The first kappa shape index (κ1) is 24.4. The van der Waals surface area contributed by atoms with Crippen molar-refractivity contribution in [1.82, 2.24) is 0 Å². The van der Waals surface area contributed by atoms with E-state index in [2.05, 4.69) is 125 Å². The molecule has 0 saturated carbocycles. The zero-order chi connectivity index (χ0) is 25.9. The summed E-state index contributed by atoms with van der Waals surface area (Å²) >= 11 is 0. The molecule has 0 heterocycles. The van der Waals surface area contributed by atoms with Gasteiger partial charge in [-0.25, -0.2) is 0 Å². The molecule has 0 fully saturated rings. The Morgan fingerprint density at radius 1 is 0.676 bits per heavy atom. The molecule has 1 aliphatic carbocycles. The van der Waals surface area contributed by atoms with E-state index in [9.17, 15) is 5.41 Å². The van der Waals surface area contributed by atoms with Crippen molar-refractivity contribution < 1.29 is 0 Å². The predicted octanol–water partition coefficient (Wildman–Crippen LogP) is 8.89. The Bertz CT molecular complexity index is 1530. The third-order valence-electron chi connectivity index (χ3n) is 7.19. The molecule has 0 spiro atoms. The molecule has 2 heteroatoms. The molecule has 2 nitrogen and oxygen atoms in total. The van der Waals surface area contributed by atoms with E-state index in [4.69, 9.17) is 4.99 Å². The summed E-state index contributed by atoms with van der Waals surface area (Å²) in [6.45, 7) is 8.51. The Balaban J connectivity index is 1.62. The Hall–Kier alpha value is -4.30. The largest absolute Gasteiger partial charge is 0.300 e. The van der Waals surface area contributed by atoms with Crippen molar-refractivity contribution in [3.8, 4) is 11.1 Å². The highest BCUT2D eigenvalue weighted by atomic mass is 14.8. The number of aliphatic imine (C=N–C) groups is 1. The minimum absolute atomic E-state index is 0.111. The van der Waals surface area contributed by atoms with Gasteiger partial charge in [0.2, 0.25) is 0 Å². The molecule has 182 valence electrons. The molecule has 5 rings (SSSR count). The van der Waals surface area contributed by atoms with Crippen LogP contribution in [0.15, 0.2) is 120 Å². The van der Waals surface area contributed by atoms with Crippen LogP contribution in [0.4, 0.5) is 5.69 Å². The van der Waals surface area contributed by atoms with Crippen LogP contribution in [0.2, 0.25) is 0 Å². The molecular weight excluding hydrogens is 448 g/mol. The first-order chi connectivity index (χ1) is 18.0.